The van der Waals surface area contributed by atoms with Crippen LogP contribution in [0.2, 0.25) is 0 Å². The molecule has 0 spiro atoms. The Morgan fingerprint density at radius 2 is 0.955 bits per heavy atom. The summed E-state index contributed by atoms with van der Waals surface area (Å²) in [6.45, 7) is 15.2. The quantitative estimate of drug-likeness (QED) is 0.0329. The van der Waals surface area contributed by atoms with Gasteiger partial charge >= 0.3 is 12.2 Å². The Morgan fingerprint density at radius 1 is 0.591 bits per heavy atom. The van der Waals surface area contributed by atoms with Crippen molar-refractivity contribution in [3.05, 3.63) is 128 Å². The van der Waals surface area contributed by atoms with Crippen LogP contribution in [0.15, 0.2) is 105 Å². The van der Waals surface area contributed by atoms with Gasteiger partial charge in [-0.05, 0) is 124 Å². The number of aryl methyl sites for hydroxylation is 4. The Morgan fingerprint density at radius 3 is 1.28 bits per heavy atom. The second-order valence-corrected chi connectivity index (χ2v) is 27.6. The predicted octanol–water partition coefficient (Wildman–Crippen LogP) is 8.81. The molecule has 2 aromatic heterocycles. The average Bonchev–Trinajstić information content (AvgIpc) is 3.09. The molecular weight excluding hydrogens is 1220 g/mol. The minimum absolute atomic E-state index is 0.0171. The van der Waals surface area contributed by atoms with Crippen molar-refractivity contribution >= 4 is 54.9 Å². The molecule has 10 rings (SSSR count). The number of hydrogen-bond donors (Lipinski definition) is 6. The summed E-state index contributed by atoms with van der Waals surface area (Å²) in [5.74, 6) is 4.31. The molecule has 88 heavy (non-hydrogen) atoms. The highest BCUT2D eigenvalue weighted by molar-refractivity contribution is 7.89. The summed E-state index contributed by atoms with van der Waals surface area (Å²) in [5, 5.41) is 41.9. The van der Waals surface area contributed by atoms with E-state index in [4.69, 9.17) is 57.7 Å². The van der Waals surface area contributed by atoms with E-state index < -0.39 is 44.4 Å². The second kappa shape index (κ2) is 34.2. The average molecular weight is 1300 g/mol. The van der Waals surface area contributed by atoms with Gasteiger partial charge in [0.15, 0.2) is 29.3 Å². The number of nitrogens with zero attached hydrogens (tertiary/aromatic N) is 4. The lowest BCUT2D eigenvalue weighted by molar-refractivity contribution is -0.0904. The van der Waals surface area contributed by atoms with Gasteiger partial charge in [0.1, 0.15) is 24.7 Å². The van der Waals surface area contributed by atoms with Crippen molar-refractivity contribution in [1.82, 2.24) is 18.6 Å². The number of amides is 2. The molecule has 4 aromatic carbocycles. The Balaban J connectivity index is 0.000000224. The Hall–Kier alpha value is -6.86. The number of benzene rings is 4. The third-order valence-corrected chi connectivity index (χ3v) is 18.6. The molecule has 0 unspecified atom stereocenters. The number of rotatable bonds is 24. The number of carbonyl (C=O) groups is 2. The van der Waals surface area contributed by atoms with Crippen LogP contribution in [-0.4, -0.2) is 140 Å². The number of fused-ring (bicyclic) bond motifs is 3. The molecule has 6 heterocycles. The van der Waals surface area contributed by atoms with Gasteiger partial charge in [0, 0.05) is 55.0 Å². The van der Waals surface area contributed by atoms with Crippen molar-refractivity contribution in [2.24, 2.45) is 29.2 Å². The van der Waals surface area contributed by atoms with Crippen LogP contribution in [0, 0.1) is 31.6 Å². The van der Waals surface area contributed by atoms with E-state index in [1.807, 2.05) is 101 Å². The number of sulfonamides is 2. The first-order valence-corrected chi connectivity index (χ1v) is 33.1. The van der Waals surface area contributed by atoms with Crippen LogP contribution in [0.25, 0.3) is 0 Å². The van der Waals surface area contributed by atoms with Crippen LogP contribution in [0.3, 0.4) is 0 Å². The third-order valence-electron chi connectivity index (χ3n) is 13.3. The van der Waals surface area contributed by atoms with Gasteiger partial charge in [-0.3, -0.25) is 0 Å². The molecule has 2 atom stereocenters. The van der Waals surface area contributed by atoms with Crippen LogP contribution in [-0.2, 0) is 55.6 Å². The third kappa shape index (κ3) is 22.9. The summed E-state index contributed by atoms with van der Waals surface area (Å²) in [5.41, 5.74) is 12.0. The first-order chi connectivity index (χ1) is 41.8. The maximum atomic E-state index is 13.4. The normalized spacial score (nSPS) is 16.0. The van der Waals surface area contributed by atoms with Crippen LogP contribution >= 0.6 is 22.7 Å². The fourth-order valence-corrected chi connectivity index (χ4v) is 13.7. The zero-order valence-electron chi connectivity index (χ0n) is 50.1. The van der Waals surface area contributed by atoms with E-state index in [0.717, 1.165) is 63.2 Å². The number of nitrogens with two attached hydrogens (primary N) is 2. The van der Waals surface area contributed by atoms with Gasteiger partial charge < -0.3 is 69.8 Å². The summed E-state index contributed by atoms with van der Waals surface area (Å²) < 4.78 is 99.6. The molecule has 6 aromatic rings. The molecule has 0 aliphatic carbocycles. The van der Waals surface area contributed by atoms with Crippen molar-refractivity contribution in [1.29, 1.82) is 0 Å². The van der Waals surface area contributed by atoms with Gasteiger partial charge in [0.05, 0.1) is 56.6 Å². The van der Waals surface area contributed by atoms with E-state index in [-0.39, 0.29) is 54.6 Å². The Labute approximate surface area is 522 Å². The number of hydrogen-bond acceptors (Lipinski definition) is 20. The van der Waals surface area contributed by atoms with E-state index in [1.54, 1.807) is 34.8 Å². The highest BCUT2D eigenvalue weighted by Crippen LogP contribution is 2.37. The number of aliphatic hydroxyl groups excluding tert-OH is 2. The fraction of sp³-hybridized carbons (Fsp3) is 0.467. The lowest BCUT2D eigenvalue weighted by Gasteiger charge is -2.26. The Bertz CT molecular complexity index is 3130. The van der Waals surface area contributed by atoms with Crippen LogP contribution in [0.5, 0.6) is 34.5 Å². The molecule has 2 amide bonds. The van der Waals surface area contributed by atoms with E-state index in [0.29, 0.717) is 75.0 Å². The highest BCUT2D eigenvalue weighted by Gasteiger charge is 2.34. The van der Waals surface area contributed by atoms with E-state index >= 15 is 0 Å². The maximum absolute atomic E-state index is 13.4. The number of carboxylic acid groups (broad SMARTS) is 2. The summed E-state index contributed by atoms with van der Waals surface area (Å²) in [6, 6.07) is 24.6. The van der Waals surface area contributed by atoms with E-state index in [9.17, 15) is 27.0 Å². The molecule has 2 saturated heterocycles. The number of primary amides is 2. The smallest absolute Gasteiger partial charge is 0.402 e. The predicted molar refractivity (Wildman–Crippen MR) is 329 cm³/mol. The summed E-state index contributed by atoms with van der Waals surface area (Å²) in [4.78, 5) is 26.6. The topological polar surface area (TPSA) is 341 Å². The minimum Gasteiger partial charge on any atom is -0.487 e. The van der Waals surface area contributed by atoms with Gasteiger partial charge in [-0.25, -0.2) is 36.4 Å². The number of thiazole rings is 2. The van der Waals surface area contributed by atoms with Gasteiger partial charge in [0.25, 0.3) is 0 Å². The van der Waals surface area contributed by atoms with E-state index in [2.05, 4.69) is 21.4 Å². The summed E-state index contributed by atoms with van der Waals surface area (Å²) in [6.07, 6.45) is 0.420. The molecule has 24 nitrogen and oxygen atoms in total. The maximum Gasteiger partial charge on any atom is 0.402 e. The van der Waals surface area contributed by atoms with Crippen LogP contribution in [0.1, 0.15) is 85.9 Å². The molecule has 482 valence electrons. The van der Waals surface area contributed by atoms with Crippen molar-refractivity contribution < 1.29 is 84.7 Å². The largest absolute Gasteiger partial charge is 0.487 e. The molecule has 0 radical (unpaired) electrons. The summed E-state index contributed by atoms with van der Waals surface area (Å²) in [7, 11) is -7.62. The standard InChI is InChI=1S/2C26H32N2O6S2.C6H10O2.2CH3NO2/c2*1-18(2)13-28(36(30,31)24-10-11-25-26(12-24)34-17-33-25)14-22(29)7-4-20-5-8-23(9-6-20)32-15-21-16-35-19(3)27-21;1-3-7-6-5(1)2-4-8-6;2*2-1(3)4/h2*5-6,8-12,16,18,22,29H,4,7,13-15,17H2,1-3H3;5-6H,1-4H2;2*2H2,(H,3,4)/t2*22-;;;/m11.../s1. The fourth-order valence-electron chi connectivity index (χ4n) is 9.22. The number of aromatic nitrogens is 2. The van der Waals surface area contributed by atoms with Crippen molar-refractivity contribution in [2.45, 2.75) is 122 Å². The molecule has 2 fully saturated rings. The zero-order chi connectivity index (χ0) is 64.0. The first kappa shape index (κ1) is 70.2. The summed E-state index contributed by atoms with van der Waals surface area (Å²) >= 11 is 3.19. The van der Waals surface area contributed by atoms with Crippen molar-refractivity contribution in [2.75, 3.05) is 53.0 Å². The zero-order valence-corrected chi connectivity index (χ0v) is 53.4. The SMILES string of the molecule is C1CC2CCOC2O1.Cc1nc(COc2ccc(CC[C@@H](O)CN(CC(C)C)S(=O)(=O)c3ccc4c(c3)OCO4)cc2)cs1.Cc1nc(COc2ccc(CC[C@@H](O)CN(CC(C)C)S(=O)(=O)c3ccc4c(c3)OCO4)cc2)cs1.NC(=O)O.NC(=O)O. The minimum atomic E-state index is -3.81. The molecule has 28 heteroatoms. The number of aliphatic hydroxyl groups is 2. The van der Waals surface area contributed by atoms with Crippen molar-refractivity contribution in [3.8, 4) is 34.5 Å². The lowest BCUT2D eigenvalue weighted by atomic mass is 10.1. The first-order valence-electron chi connectivity index (χ1n) is 28.5. The molecule has 0 saturated carbocycles. The van der Waals surface area contributed by atoms with Gasteiger partial charge in [0.2, 0.25) is 33.6 Å². The second-order valence-electron chi connectivity index (χ2n) is 21.6. The van der Waals surface area contributed by atoms with Gasteiger partial charge in [-0.2, -0.15) is 8.61 Å². The Kier molecular flexibility index (Phi) is 27.3. The molecule has 4 aliphatic heterocycles. The van der Waals surface area contributed by atoms with Crippen LogP contribution < -0.4 is 39.9 Å². The van der Waals surface area contributed by atoms with Gasteiger partial charge in [-0.1, -0.05) is 52.0 Å². The van der Waals surface area contributed by atoms with Crippen molar-refractivity contribution in [3.63, 3.8) is 0 Å². The highest BCUT2D eigenvalue weighted by atomic mass is 32.2. The molecule has 0 bridgehead atoms. The number of ether oxygens (including phenoxy) is 8. The lowest BCUT2D eigenvalue weighted by Crippen LogP contribution is -2.40. The van der Waals surface area contributed by atoms with E-state index in [1.165, 1.54) is 45.7 Å². The van der Waals surface area contributed by atoms with Crippen LogP contribution in [0.4, 0.5) is 9.59 Å². The monoisotopic (exact) mass is 1300 g/mol. The molecule has 8 N–H and O–H groups in total. The molecular formula is C60H80N6O18S4. The molecule has 4 aliphatic rings. The van der Waals surface area contributed by atoms with Gasteiger partial charge in [-0.15, -0.1) is 22.7 Å².